The monoisotopic (exact) mass is 367 g/mol. The minimum atomic E-state index is -0.753. The number of carboxylic acids is 1. The van der Waals surface area contributed by atoms with Crippen LogP contribution in [0.25, 0.3) is 11.4 Å². The number of carboxylic acid groups (broad SMARTS) is 1. The summed E-state index contributed by atoms with van der Waals surface area (Å²) in [6, 6.07) is 5.66. The summed E-state index contributed by atoms with van der Waals surface area (Å²) >= 11 is 0. The lowest BCUT2D eigenvalue weighted by molar-refractivity contribution is -0.137. The van der Waals surface area contributed by atoms with Gasteiger partial charge >= 0.3 is 5.97 Å². The predicted octanol–water partition coefficient (Wildman–Crippen LogP) is 4.55. The van der Waals surface area contributed by atoms with Gasteiger partial charge in [0.25, 0.3) is 0 Å². The van der Waals surface area contributed by atoms with Gasteiger partial charge in [-0.25, -0.2) is 0 Å². The molecule has 2 aromatic rings. The van der Waals surface area contributed by atoms with Gasteiger partial charge < -0.3 is 9.84 Å². The zero-order valence-corrected chi connectivity index (χ0v) is 15.3. The highest BCUT2D eigenvalue weighted by Crippen LogP contribution is 2.17. The molecule has 0 amide bonds. The summed E-state index contributed by atoms with van der Waals surface area (Å²) < 4.78 is 5.73. The van der Waals surface area contributed by atoms with Crippen LogP contribution in [0.15, 0.2) is 67.0 Å². The van der Waals surface area contributed by atoms with Crippen LogP contribution < -0.4 is 4.74 Å². The second kappa shape index (κ2) is 11.5. The number of hydrogen-bond donors (Lipinski definition) is 2. The molecule has 2 heterocycles. The van der Waals surface area contributed by atoms with Gasteiger partial charge in [-0.1, -0.05) is 30.9 Å². The molecule has 0 aliphatic rings. The van der Waals surface area contributed by atoms with Crippen molar-refractivity contribution >= 4 is 5.97 Å². The maximum Gasteiger partial charge on any atom is 0.303 e. The Morgan fingerprint density at radius 3 is 2.81 bits per heavy atom. The number of allylic oxidation sites excluding steroid dienone is 5. The van der Waals surface area contributed by atoms with Crippen LogP contribution in [0.4, 0.5) is 0 Å². The number of aliphatic carboxylic acids is 1. The van der Waals surface area contributed by atoms with Crippen molar-refractivity contribution in [1.29, 1.82) is 0 Å². The summed E-state index contributed by atoms with van der Waals surface area (Å²) in [6.45, 7) is 4.43. The van der Waals surface area contributed by atoms with Crippen molar-refractivity contribution < 1.29 is 14.6 Å². The first-order chi connectivity index (χ1) is 13.2. The number of rotatable bonds is 12. The molecule has 142 valence electrons. The van der Waals surface area contributed by atoms with Crippen molar-refractivity contribution in [1.82, 2.24) is 15.2 Å². The third-order valence-electron chi connectivity index (χ3n) is 3.86. The van der Waals surface area contributed by atoms with E-state index in [9.17, 15) is 4.79 Å². The molecule has 0 spiro atoms. The fourth-order valence-electron chi connectivity index (χ4n) is 2.40. The van der Waals surface area contributed by atoms with E-state index >= 15 is 0 Å². The zero-order chi connectivity index (χ0) is 19.3. The molecule has 27 heavy (non-hydrogen) atoms. The quantitative estimate of drug-likeness (QED) is 0.424. The van der Waals surface area contributed by atoms with E-state index in [0.29, 0.717) is 13.0 Å². The smallest absolute Gasteiger partial charge is 0.303 e. The van der Waals surface area contributed by atoms with E-state index in [1.165, 1.54) is 0 Å². The predicted molar refractivity (Wildman–Crippen MR) is 105 cm³/mol. The zero-order valence-electron chi connectivity index (χ0n) is 15.3. The average molecular weight is 367 g/mol. The van der Waals surface area contributed by atoms with Gasteiger partial charge in [-0.15, -0.1) is 0 Å². The summed E-state index contributed by atoms with van der Waals surface area (Å²) in [5.74, 6) is -0.0161. The number of aromatic amines is 1. The molecule has 0 atom stereocenters. The Morgan fingerprint density at radius 1 is 1.26 bits per heavy atom. The molecular weight excluding hydrogens is 342 g/mol. The molecule has 0 radical (unpaired) electrons. The van der Waals surface area contributed by atoms with E-state index < -0.39 is 5.97 Å². The summed E-state index contributed by atoms with van der Waals surface area (Å²) in [4.78, 5) is 14.8. The van der Waals surface area contributed by atoms with Gasteiger partial charge in [0.1, 0.15) is 5.75 Å². The van der Waals surface area contributed by atoms with Crippen LogP contribution in [0.5, 0.6) is 5.75 Å². The Bertz CT molecular complexity index is 762. The largest absolute Gasteiger partial charge is 0.492 e. The number of aromatic nitrogens is 3. The molecule has 2 N–H and O–H groups in total. The molecule has 6 heteroatoms. The van der Waals surface area contributed by atoms with E-state index in [4.69, 9.17) is 9.84 Å². The topological polar surface area (TPSA) is 88.1 Å². The van der Waals surface area contributed by atoms with Gasteiger partial charge in [0.2, 0.25) is 0 Å². The maximum atomic E-state index is 10.4. The molecule has 0 aromatic carbocycles. The van der Waals surface area contributed by atoms with Gasteiger partial charge in [0, 0.05) is 12.6 Å². The molecule has 2 aromatic heterocycles. The molecule has 0 bridgehead atoms. The van der Waals surface area contributed by atoms with Crippen molar-refractivity contribution in [3.05, 3.63) is 67.0 Å². The number of nitrogens with one attached hydrogen (secondary N) is 1. The van der Waals surface area contributed by atoms with E-state index in [1.54, 1.807) is 12.4 Å². The van der Waals surface area contributed by atoms with Crippen LogP contribution in [0, 0.1) is 0 Å². The van der Waals surface area contributed by atoms with Gasteiger partial charge in [-0.3, -0.25) is 14.9 Å². The number of pyridine rings is 1. The van der Waals surface area contributed by atoms with Gasteiger partial charge in [-0.2, -0.15) is 5.10 Å². The first kappa shape index (κ1) is 20.2. The second-order valence-electron chi connectivity index (χ2n) is 5.96. The molecule has 0 saturated carbocycles. The van der Waals surface area contributed by atoms with Gasteiger partial charge in [0.05, 0.1) is 24.2 Å². The van der Waals surface area contributed by atoms with Gasteiger partial charge in [0.15, 0.2) is 0 Å². The summed E-state index contributed by atoms with van der Waals surface area (Å²) in [5.41, 5.74) is 2.82. The summed E-state index contributed by atoms with van der Waals surface area (Å²) in [6.07, 6.45) is 14.5. The minimum Gasteiger partial charge on any atom is -0.492 e. The molecule has 0 aliphatic carbocycles. The van der Waals surface area contributed by atoms with Crippen molar-refractivity contribution in [3.8, 4) is 17.1 Å². The SMILES string of the molecule is C=C/C(=C\C=C/CCCC(=O)O)CCCOc1ccc(-c2ccn[nH]2)nc1. The van der Waals surface area contributed by atoms with Crippen LogP contribution in [-0.2, 0) is 4.79 Å². The van der Waals surface area contributed by atoms with Gasteiger partial charge in [-0.05, 0) is 49.5 Å². The highest BCUT2D eigenvalue weighted by Gasteiger charge is 2.01. The molecule has 6 nitrogen and oxygen atoms in total. The van der Waals surface area contributed by atoms with E-state index in [2.05, 4.69) is 21.8 Å². The number of H-pyrrole nitrogens is 1. The second-order valence-corrected chi connectivity index (χ2v) is 5.96. The first-order valence-corrected chi connectivity index (χ1v) is 8.97. The van der Waals surface area contributed by atoms with E-state index in [-0.39, 0.29) is 6.42 Å². The summed E-state index contributed by atoms with van der Waals surface area (Å²) in [5, 5.41) is 15.4. The Labute approximate surface area is 159 Å². The average Bonchev–Trinajstić information content (AvgIpc) is 3.21. The number of ether oxygens (including phenoxy) is 1. The van der Waals surface area contributed by atoms with Crippen molar-refractivity contribution in [2.45, 2.75) is 32.1 Å². The molecular formula is C21H25N3O3. The molecule has 0 fully saturated rings. The third kappa shape index (κ3) is 7.73. The number of carbonyl (C=O) groups is 1. The lowest BCUT2D eigenvalue weighted by atomic mass is 10.1. The normalized spacial score (nSPS) is 11.6. The molecule has 2 rings (SSSR count). The maximum absolute atomic E-state index is 10.4. The Balaban J connectivity index is 1.68. The van der Waals surface area contributed by atoms with Crippen LogP contribution in [0.1, 0.15) is 32.1 Å². The van der Waals surface area contributed by atoms with Crippen molar-refractivity contribution in [3.63, 3.8) is 0 Å². The Hall–Kier alpha value is -3.15. The molecule has 0 saturated heterocycles. The lowest BCUT2D eigenvalue weighted by Gasteiger charge is -2.06. The van der Waals surface area contributed by atoms with E-state index in [1.807, 2.05) is 42.5 Å². The van der Waals surface area contributed by atoms with Crippen molar-refractivity contribution in [2.24, 2.45) is 0 Å². The fraction of sp³-hybridized carbons (Fsp3) is 0.286. The van der Waals surface area contributed by atoms with Crippen LogP contribution >= 0.6 is 0 Å². The Morgan fingerprint density at radius 2 is 2.15 bits per heavy atom. The first-order valence-electron chi connectivity index (χ1n) is 8.97. The lowest BCUT2D eigenvalue weighted by Crippen LogP contribution is -1.98. The van der Waals surface area contributed by atoms with Crippen LogP contribution in [0.3, 0.4) is 0 Å². The summed E-state index contributed by atoms with van der Waals surface area (Å²) in [7, 11) is 0. The number of unbranched alkanes of at least 4 members (excludes halogenated alkanes) is 1. The number of hydrogen-bond acceptors (Lipinski definition) is 4. The highest BCUT2D eigenvalue weighted by molar-refractivity contribution is 5.66. The fourth-order valence-corrected chi connectivity index (χ4v) is 2.40. The Kier molecular flexibility index (Phi) is 8.56. The molecule has 0 aliphatic heterocycles. The minimum absolute atomic E-state index is 0.206. The number of nitrogens with zero attached hydrogens (tertiary/aromatic N) is 2. The van der Waals surface area contributed by atoms with E-state index in [0.717, 1.165) is 42.0 Å². The third-order valence-corrected chi connectivity index (χ3v) is 3.86. The van der Waals surface area contributed by atoms with Crippen molar-refractivity contribution in [2.75, 3.05) is 6.61 Å². The highest BCUT2D eigenvalue weighted by atomic mass is 16.5. The standard InChI is InChI=1S/C21H25N3O3/c1-2-17(8-5-3-4-6-10-21(25)26)9-7-15-27-18-11-12-19(22-16-18)20-13-14-23-24-20/h2-3,5,8,11-14,16H,1,4,6-7,9-10,15H2,(H,23,24)(H,25,26)/b5-3-,17-8+. The molecule has 0 unspecified atom stereocenters. The van der Waals surface area contributed by atoms with Crippen LogP contribution in [0.2, 0.25) is 0 Å². The van der Waals surface area contributed by atoms with Crippen LogP contribution in [-0.4, -0.2) is 32.9 Å².